The first kappa shape index (κ1) is 13.7. The number of carbonyl (C=O) groups is 1. The molecule has 0 radical (unpaired) electrons. The Labute approximate surface area is 101 Å². The highest BCUT2D eigenvalue weighted by Crippen LogP contribution is 2.06. The van der Waals surface area contributed by atoms with Crippen LogP contribution in [0, 0.1) is 6.92 Å². The highest BCUT2D eigenvalue weighted by atomic mass is 16.3. The molecule has 0 saturated carbocycles. The molecule has 1 rings (SSSR count). The van der Waals surface area contributed by atoms with E-state index in [-0.39, 0.29) is 19.1 Å². The molecule has 1 atom stereocenters. The van der Waals surface area contributed by atoms with Crippen LogP contribution < -0.4 is 5.32 Å². The number of aryl methyl sites for hydroxylation is 2. The third-order valence-corrected chi connectivity index (χ3v) is 2.47. The van der Waals surface area contributed by atoms with Crippen molar-refractivity contribution >= 4 is 5.91 Å². The summed E-state index contributed by atoms with van der Waals surface area (Å²) in [5.41, 5.74) is 2.31. The number of benzene rings is 1. The molecule has 1 aromatic carbocycles. The lowest BCUT2D eigenvalue weighted by atomic mass is 10.1. The first-order valence-corrected chi connectivity index (χ1v) is 5.73. The SMILES string of the molecule is Cc1cccc(CCC(=O)NCC(O)CO)c1. The highest BCUT2D eigenvalue weighted by Gasteiger charge is 2.05. The molecule has 4 nitrogen and oxygen atoms in total. The highest BCUT2D eigenvalue weighted by molar-refractivity contribution is 5.76. The molecule has 1 aromatic rings. The van der Waals surface area contributed by atoms with Gasteiger partial charge >= 0.3 is 0 Å². The Morgan fingerprint density at radius 3 is 2.88 bits per heavy atom. The number of hydrogen-bond donors (Lipinski definition) is 3. The molecule has 1 amide bonds. The maximum absolute atomic E-state index is 11.4. The standard InChI is InChI=1S/C13H19NO3/c1-10-3-2-4-11(7-10)5-6-13(17)14-8-12(16)9-15/h2-4,7,12,15-16H,5-6,8-9H2,1H3,(H,14,17). The van der Waals surface area contributed by atoms with E-state index in [1.165, 1.54) is 5.56 Å². The van der Waals surface area contributed by atoms with Crippen molar-refractivity contribution in [2.45, 2.75) is 25.9 Å². The summed E-state index contributed by atoms with van der Waals surface area (Å²) in [7, 11) is 0. The van der Waals surface area contributed by atoms with Gasteiger partial charge in [-0.25, -0.2) is 0 Å². The lowest BCUT2D eigenvalue weighted by Crippen LogP contribution is -2.33. The molecule has 0 aliphatic rings. The summed E-state index contributed by atoms with van der Waals surface area (Å²) in [4.78, 5) is 11.4. The Kier molecular flexibility index (Phi) is 5.66. The fourth-order valence-corrected chi connectivity index (χ4v) is 1.51. The number of carbonyl (C=O) groups excluding carboxylic acids is 1. The fourth-order valence-electron chi connectivity index (χ4n) is 1.51. The van der Waals surface area contributed by atoms with E-state index in [0.29, 0.717) is 12.8 Å². The first-order chi connectivity index (χ1) is 8.11. The third-order valence-electron chi connectivity index (χ3n) is 2.47. The van der Waals surface area contributed by atoms with Gasteiger partial charge in [-0.1, -0.05) is 29.8 Å². The van der Waals surface area contributed by atoms with Gasteiger partial charge in [-0.15, -0.1) is 0 Å². The molecule has 17 heavy (non-hydrogen) atoms. The van der Waals surface area contributed by atoms with Gasteiger partial charge in [0.15, 0.2) is 0 Å². The average Bonchev–Trinajstić information content (AvgIpc) is 2.33. The summed E-state index contributed by atoms with van der Waals surface area (Å²) in [6.45, 7) is 1.78. The number of hydrogen-bond acceptors (Lipinski definition) is 3. The quantitative estimate of drug-likeness (QED) is 0.670. The van der Waals surface area contributed by atoms with Crippen molar-refractivity contribution in [1.82, 2.24) is 5.32 Å². The monoisotopic (exact) mass is 237 g/mol. The molecular formula is C13H19NO3. The zero-order chi connectivity index (χ0) is 12.7. The summed E-state index contributed by atoms with van der Waals surface area (Å²) in [5, 5.41) is 20.2. The molecule has 0 saturated heterocycles. The van der Waals surface area contributed by atoms with Crippen molar-refractivity contribution in [3.05, 3.63) is 35.4 Å². The molecule has 0 heterocycles. The van der Waals surface area contributed by atoms with Gasteiger partial charge in [0.25, 0.3) is 0 Å². The minimum absolute atomic E-state index is 0.100. The van der Waals surface area contributed by atoms with E-state index in [9.17, 15) is 4.79 Å². The summed E-state index contributed by atoms with van der Waals surface area (Å²) in [6.07, 6.45) is 0.197. The van der Waals surface area contributed by atoms with E-state index in [2.05, 4.69) is 11.4 Å². The summed E-state index contributed by atoms with van der Waals surface area (Å²) >= 11 is 0. The average molecular weight is 237 g/mol. The number of amides is 1. The van der Waals surface area contributed by atoms with Crippen LogP contribution in [0.15, 0.2) is 24.3 Å². The minimum Gasteiger partial charge on any atom is -0.394 e. The summed E-state index contributed by atoms with van der Waals surface area (Å²) < 4.78 is 0. The van der Waals surface area contributed by atoms with Crippen LogP contribution in [0.5, 0.6) is 0 Å². The van der Waals surface area contributed by atoms with Gasteiger partial charge in [-0.05, 0) is 18.9 Å². The van der Waals surface area contributed by atoms with Crippen LogP contribution in [-0.4, -0.2) is 35.4 Å². The van der Waals surface area contributed by atoms with Crippen LogP contribution in [-0.2, 0) is 11.2 Å². The van der Waals surface area contributed by atoms with Crippen molar-refractivity contribution < 1.29 is 15.0 Å². The fraction of sp³-hybridized carbons (Fsp3) is 0.462. The molecule has 0 aliphatic heterocycles. The summed E-state index contributed by atoms with van der Waals surface area (Å²) in [6, 6.07) is 8.03. The van der Waals surface area contributed by atoms with Gasteiger partial charge < -0.3 is 15.5 Å². The number of nitrogens with one attached hydrogen (secondary N) is 1. The van der Waals surface area contributed by atoms with Crippen LogP contribution in [0.25, 0.3) is 0 Å². The number of aliphatic hydroxyl groups excluding tert-OH is 2. The smallest absolute Gasteiger partial charge is 0.220 e. The van der Waals surface area contributed by atoms with Crippen LogP contribution >= 0.6 is 0 Å². The topological polar surface area (TPSA) is 69.6 Å². The molecule has 94 valence electrons. The lowest BCUT2D eigenvalue weighted by Gasteiger charge is -2.09. The third kappa shape index (κ3) is 5.47. The van der Waals surface area contributed by atoms with Gasteiger partial charge in [-0.2, -0.15) is 0 Å². The van der Waals surface area contributed by atoms with Crippen molar-refractivity contribution in [2.75, 3.05) is 13.2 Å². The maximum Gasteiger partial charge on any atom is 0.220 e. The zero-order valence-electron chi connectivity index (χ0n) is 10.0. The van der Waals surface area contributed by atoms with Crippen LogP contribution in [0.2, 0.25) is 0 Å². The second-order valence-corrected chi connectivity index (χ2v) is 4.13. The summed E-state index contributed by atoms with van der Waals surface area (Å²) in [5.74, 6) is -0.112. The Balaban J connectivity index is 2.28. The second kappa shape index (κ2) is 7.04. The van der Waals surface area contributed by atoms with E-state index >= 15 is 0 Å². The molecule has 0 fully saturated rings. The van der Waals surface area contributed by atoms with E-state index in [4.69, 9.17) is 10.2 Å². The second-order valence-electron chi connectivity index (χ2n) is 4.13. The van der Waals surface area contributed by atoms with E-state index < -0.39 is 6.10 Å². The molecule has 0 aromatic heterocycles. The molecule has 0 spiro atoms. The largest absolute Gasteiger partial charge is 0.394 e. The Morgan fingerprint density at radius 2 is 2.24 bits per heavy atom. The maximum atomic E-state index is 11.4. The zero-order valence-corrected chi connectivity index (χ0v) is 10.0. The molecule has 0 aliphatic carbocycles. The Bertz CT molecular complexity index is 365. The Morgan fingerprint density at radius 1 is 1.47 bits per heavy atom. The van der Waals surface area contributed by atoms with Gasteiger partial charge in [0.1, 0.15) is 0 Å². The number of rotatable bonds is 6. The van der Waals surface area contributed by atoms with E-state index in [1.807, 2.05) is 25.1 Å². The van der Waals surface area contributed by atoms with Crippen molar-refractivity contribution in [1.29, 1.82) is 0 Å². The lowest BCUT2D eigenvalue weighted by molar-refractivity contribution is -0.121. The predicted molar refractivity (Wildman–Crippen MR) is 65.6 cm³/mol. The van der Waals surface area contributed by atoms with Crippen molar-refractivity contribution in [2.24, 2.45) is 0 Å². The van der Waals surface area contributed by atoms with Crippen molar-refractivity contribution in [3.8, 4) is 0 Å². The van der Waals surface area contributed by atoms with Gasteiger partial charge in [-0.3, -0.25) is 4.79 Å². The van der Waals surface area contributed by atoms with Crippen LogP contribution in [0.4, 0.5) is 0 Å². The van der Waals surface area contributed by atoms with Crippen LogP contribution in [0.1, 0.15) is 17.5 Å². The first-order valence-electron chi connectivity index (χ1n) is 5.73. The van der Waals surface area contributed by atoms with Crippen LogP contribution in [0.3, 0.4) is 0 Å². The predicted octanol–water partition coefficient (Wildman–Crippen LogP) is 0.397. The van der Waals surface area contributed by atoms with Gasteiger partial charge in [0, 0.05) is 13.0 Å². The van der Waals surface area contributed by atoms with E-state index in [0.717, 1.165) is 5.56 Å². The molecule has 0 bridgehead atoms. The molecule has 3 N–H and O–H groups in total. The molecule has 1 unspecified atom stereocenters. The Hall–Kier alpha value is -1.39. The van der Waals surface area contributed by atoms with Gasteiger partial charge in [0.2, 0.25) is 5.91 Å². The van der Waals surface area contributed by atoms with E-state index in [1.54, 1.807) is 0 Å². The minimum atomic E-state index is -0.877. The number of aliphatic hydroxyl groups is 2. The van der Waals surface area contributed by atoms with Gasteiger partial charge in [0.05, 0.1) is 12.7 Å². The molecule has 4 heteroatoms. The van der Waals surface area contributed by atoms with Crippen molar-refractivity contribution in [3.63, 3.8) is 0 Å². The molecular weight excluding hydrogens is 218 g/mol. The normalized spacial score (nSPS) is 12.2.